The average Bonchev–Trinajstić information content (AvgIpc) is 3.11. The molecular weight excluding hydrogens is 294 g/mol. The minimum Gasteiger partial charge on any atom is -0.373 e. The Morgan fingerprint density at radius 1 is 1.22 bits per heavy atom. The highest BCUT2D eigenvalue weighted by Gasteiger charge is 2.35. The van der Waals surface area contributed by atoms with Crippen LogP contribution in [0.3, 0.4) is 0 Å². The quantitative estimate of drug-likeness (QED) is 0.858. The third kappa shape index (κ3) is 3.72. The molecule has 6 heteroatoms. The number of aromatic nitrogens is 2. The number of nitrogens with one attached hydrogen (secondary N) is 1. The van der Waals surface area contributed by atoms with Gasteiger partial charge >= 0.3 is 0 Å². The minimum absolute atomic E-state index is 0.162. The lowest BCUT2D eigenvalue weighted by Gasteiger charge is -2.20. The summed E-state index contributed by atoms with van der Waals surface area (Å²) >= 11 is 0. The van der Waals surface area contributed by atoms with E-state index in [1.54, 1.807) is 24.8 Å². The molecule has 0 saturated carbocycles. The summed E-state index contributed by atoms with van der Waals surface area (Å²) in [5.41, 5.74) is 4.48. The van der Waals surface area contributed by atoms with E-state index in [9.17, 15) is 4.79 Å². The van der Waals surface area contributed by atoms with E-state index in [2.05, 4.69) is 15.4 Å². The summed E-state index contributed by atoms with van der Waals surface area (Å²) < 4.78 is 5.71. The summed E-state index contributed by atoms with van der Waals surface area (Å²) in [5.74, 6) is -0.424. The van der Waals surface area contributed by atoms with Crippen molar-refractivity contribution < 1.29 is 14.4 Å². The van der Waals surface area contributed by atoms with Gasteiger partial charge in [0.25, 0.3) is 0 Å². The molecule has 3 heterocycles. The molecule has 2 aromatic heterocycles. The first-order chi connectivity index (χ1) is 11.3. The van der Waals surface area contributed by atoms with Crippen LogP contribution in [-0.4, -0.2) is 22.5 Å². The number of carbonyl (C=O) groups excluding carboxylic acids is 1. The summed E-state index contributed by atoms with van der Waals surface area (Å²) in [7, 11) is 0. The number of carbonyl (C=O) groups is 1. The Bertz CT molecular complexity index is 636. The fraction of sp³-hybridized carbons (Fsp3) is 0.353. The SMILES string of the molecule is C[C@H](ONC(=O)[C@@H]1CCO[C@H]1c1ccncc1)c1ccncc1. The minimum atomic E-state index is -0.262. The van der Waals surface area contributed by atoms with E-state index in [-0.39, 0.29) is 24.0 Å². The summed E-state index contributed by atoms with van der Waals surface area (Å²) in [6.45, 7) is 2.44. The lowest BCUT2D eigenvalue weighted by molar-refractivity contribution is -0.144. The van der Waals surface area contributed by atoms with Gasteiger partial charge in [-0.2, -0.15) is 0 Å². The zero-order chi connectivity index (χ0) is 16.1. The number of rotatable bonds is 5. The summed E-state index contributed by atoms with van der Waals surface area (Å²) in [5, 5.41) is 0. The van der Waals surface area contributed by atoms with Gasteiger partial charge in [-0.25, -0.2) is 5.48 Å². The van der Waals surface area contributed by atoms with Crippen molar-refractivity contribution in [1.29, 1.82) is 0 Å². The van der Waals surface area contributed by atoms with Gasteiger partial charge in [-0.3, -0.25) is 19.6 Å². The second-order valence-corrected chi connectivity index (χ2v) is 5.47. The lowest BCUT2D eigenvalue weighted by Crippen LogP contribution is -2.33. The Labute approximate surface area is 134 Å². The van der Waals surface area contributed by atoms with Crippen LogP contribution in [0.4, 0.5) is 0 Å². The molecule has 1 aliphatic heterocycles. The van der Waals surface area contributed by atoms with Crippen LogP contribution in [0.25, 0.3) is 0 Å². The van der Waals surface area contributed by atoms with Crippen LogP contribution in [0.2, 0.25) is 0 Å². The number of hydrogen-bond donors (Lipinski definition) is 1. The zero-order valence-corrected chi connectivity index (χ0v) is 12.9. The van der Waals surface area contributed by atoms with E-state index >= 15 is 0 Å². The summed E-state index contributed by atoms with van der Waals surface area (Å²) in [6, 6.07) is 7.46. The topological polar surface area (TPSA) is 73.3 Å². The molecule has 6 nitrogen and oxygen atoms in total. The monoisotopic (exact) mass is 313 g/mol. The molecule has 120 valence electrons. The third-order valence-electron chi connectivity index (χ3n) is 3.97. The van der Waals surface area contributed by atoms with Crippen LogP contribution in [0.1, 0.15) is 36.7 Å². The normalized spacial score (nSPS) is 21.8. The highest BCUT2D eigenvalue weighted by Crippen LogP contribution is 2.34. The largest absolute Gasteiger partial charge is 0.373 e. The molecular formula is C17H19N3O3. The van der Waals surface area contributed by atoms with Crippen molar-refractivity contribution >= 4 is 5.91 Å². The number of nitrogens with zero attached hydrogens (tertiary/aromatic N) is 2. The fourth-order valence-corrected chi connectivity index (χ4v) is 2.66. The van der Waals surface area contributed by atoms with Crippen molar-refractivity contribution in [3.63, 3.8) is 0 Å². The predicted octanol–water partition coefficient (Wildman–Crippen LogP) is 2.36. The van der Waals surface area contributed by atoms with Crippen molar-refractivity contribution in [2.75, 3.05) is 6.61 Å². The Balaban J connectivity index is 1.59. The molecule has 1 N–H and O–H groups in total. The van der Waals surface area contributed by atoms with Crippen LogP contribution >= 0.6 is 0 Å². The van der Waals surface area contributed by atoms with Crippen LogP contribution in [0.5, 0.6) is 0 Å². The van der Waals surface area contributed by atoms with Crippen molar-refractivity contribution in [2.45, 2.75) is 25.6 Å². The Kier molecular flexibility index (Phi) is 4.95. The number of hydrogen-bond acceptors (Lipinski definition) is 5. The third-order valence-corrected chi connectivity index (χ3v) is 3.97. The second-order valence-electron chi connectivity index (χ2n) is 5.47. The van der Waals surface area contributed by atoms with Gasteiger partial charge in [-0.15, -0.1) is 0 Å². The van der Waals surface area contributed by atoms with Gasteiger partial charge in [-0.05, 0) is 48.7 Å². The Morgan fingerprint density at radius 3 is 2.57 bits per heavy atom. The van der Waals surface area contributed by atoms with Crippen molar-refractivity contribution in [3.8, 4) is 0 Å². The molecule has 1 amide bonds. The van der Waals surface area contributed by atoms with Crippen LogP contribution in [0.15, 0.2) is 49.1 Å². The molecule has 0 aliphatic carbocycles. The molecule has 1 saturated heterocycles. The second kappa shape index (κ2) is 7.30. The standard InChI is InChI=1S/C17H19N3O3/c1-12(13-2-7-18-8-3-13)23-20-17(21)15-6-11-22-16(15)14-4-9-19-10-5-14/h2-5,7-10,12,15-16H,6,11H2,1H3,(H,20,21)/t12-,15+,16-/m0/s1. The summed E-state index contributed by atoms with van der Waals surface area (Å²) in [6.07, 6.45) is 6.97. The van der Waals surface area contributed by atoms with E-state index in [0.717, 1.165) is 11.1 Å². The molecule has 1 aliphatic rings. The highest BCUT2D eigenvalue weighted by molar-refractivity contribution is 5.78. The van der Waals surface area contributed by atoms with E-state index in [1.165, 1.54) is 0 Å². The van der Waals surface area contributed by atoms with E-state index in [4.69, 9.17) is 9.57 Å². The van der Waals surface area contributed by atoms with Crippen LogP contribution in [0, 0.1) is 5.92 Å². The Hall–Kier alpha value is -2.31. The molecule has 0 spiro atoms. The maximum absolute atomic E-state index is 12.4. The maximum atomic E-state index is 12.4. The van der Waals surface area contributed by atoms with E-state index in [0.29, 0.717) is 13.0 Å². The van der Waals surface area contributed by atoms with Gasteiger partial charge in [0.2, 0.25) is 5.91 Å². The molecule has 3 atom stereocenters. The van der Waals surface area contributed by atoms with Gasteiger partial charge < -0.3 is 4.74 Å². The molecule has 0 radical (unpaired) electrons. The van der Waals surface area contributed by atoms with Crippen molar-refractivity contribution in [1.82, 2.24) is 15.4 Å². The van der Waals surface area contributed by atoms with Crippen molar-refractivity contribution in [3.05, 3.63) is 60.2 Å². The smallest absolute Gasteiger partial charge is 0.249 e. The first-order valence-electron chi connectivity index (χ1n) is 7.62. The first-order valence-corrected chi connectivity index (χ1v) is 7.62. The van der Waals surface area contributed by atoms with Crippen LogP contribution in [-0.2, 0) is 14.4 Å². The first kappa shape index (κ1) is 15.6. The average molecular weight is 313 g/mol. The Morgan fingerprint density at radius 2 is 1.87 bits per heavy atom. The van der Waals surface area contributed by atoms with Crippen molar-refractivity contribution in [2.24, 2.45) is 5.92 Å². The van der Waals surface area contributed by atoms with Gasteiger partial charge in [-0.1, -0.05) is 0 Å². The zero-order valence-electron chi connectivity index (χ0n) is 12.9. The predicted molar refractivity (Wildman–Crippen MR) is 82.9 cm³/mol. The van der Waals surface area contributed by atoms with Gasteiger partial charge in [0.1, 0.15) is 6.10 Å². The number of pyridine rings is 2. The molecule has 2 aromatic rings. The molecule has 3 rings (SSSR count). The highest BCUT2D eigenvalue weighted by atomic mass is 16.7. The number of ether oxygens (including phenoxy) is 1. The fourth-order valence-electron chi connectivity index (χ4n) is 2.66. The van der Waals surface area contributed by atoms with Gasteiger partial charge in [0.15, 0.2) is 0 Å². The van der Waals surface area contributed by atoms with Gasteiger partial charge in [0, 0.05) is 31.4 Å². The van der Waals surface area contributed by atoms with E-state index in [1.807, 2.05) is 31.2 Å². The number of amides is 1. The van der Waals surface area contributed by atoms with Crippen LogP contribution < -0.4 is 5.48 Å². The molecule has 23 heavy (non-hydrogen) atoms. The molecule has 0 bridgehead atoms. The number of hydroxylamine groups is 1. The van der Waals surface area contributed by atoms with E-state index < -0.39 is 0 Å². The molecule has 0 aromatic carbocycles. The molecule has 0 unspecified atom stereocenters. The summed E-state index contributed by atoms with van der Waals surface area (Å²) in [4.78, 5) is 25.9. The lowest BCUT2D eigenvalue weighted by atomic mass is 9.95. The molecule has 1 fully saturated rings. The van der Waals surface area contributed by atoms with Gasteiger partial charge in [0.05, 0.1) is 12.0 Å². The maximum Gasteiger partial charge on any atom is 0.249 e.